The van der Waals surface area contributed by atoms with E-state index in [2.05, 4.69) is 6.07 Å². The van der Waals surface area contributed by atoms with E-state index in [1.54, 1.807) is 24.3 Å². The van der Waals surface area contributed by atoms with Crippen molar-refractivity contribution in [1.82, 2.24) is 0 Å². The molecule has 0 aliphatic carbocycles. The molecule has 1 radical (unpaired) electrons. The lowest BCUT2D eigenvalue weighted by atomic mass is 10.1. The van der Waals surface area contributed by atoms with Gasteiger partial charge in [-0.05, 0) is 41.5 Å². The molecule has 2 aromatic carbocycles. The van der Waals surface area contributed by atoms with Crippen molar-refractivity contribution in [2.45, 2.75) is 0 Å². The highest BCUT2D eigenvalue weighted by molar-refractivity contribution is 5.64. The summed E-state index contributed by atoms with van der Waals surface area (Å²) in [6.45, 7) is 0. The van der Waals surface area contributed by atoms with Crippen molar-refractivity contribution in [2.24, 2.45) is 0 Å². The van der Waals surface area contributed by atoms with E-state index < -0.39 is 0 Å². The van der Waals surface area contributed by atoms with Crippen LogP contribution in [0.1, 0.15) is 0 Å². The number of aromatic hydroxyl groups is 1. The first-order valence-corrected chi connectivity index (χ1v) is 4.22. The van der Waals surface area contributed by atoms with E-state index in [0.717, 1.165) is 5.56 Å². The minimum absolute atomic E-state index is 0.167. The fourth-order valence-corrected chi connectivity index (χ4v) is 1.28. The Morgan fingerprint density at radius 1 is 1.14 bits per heavy atom. The quantitative estimate of drug-likeness (QED) is 0.727. The minimum Gasteiger partial charge on any atom is -0.508 e. The van der Waals surface area contributed by atoms with Gasteiger partial charge in [-0.2, -0.15) is 0 Å². The van der Waals surface area contributed by atoms with Crippen molar-refractivity contribution < 1.29 is 9.50 Å². The molecular formula is C12H8FO. The molecule has 0 heterocycles. The zero-order valence-corrected chi connectivity index (χ0v) is 7.37. The van der Waals surface area contributed by atoms with E-state index in [1.165, 1.54) is 18.2 Å². The second kappa shape index (κ2) is 3.50. The van der Waals surface area contributed by atoms with Crippen LogP contribution in [-0.2, 0) is 0 Å². The molecule has 0 unspecified atom stereocenters. The maximum atomic E-state index is 12.9. The number of hydrogen-bond donors (Lipinski definition) is 1. The van der Waals surface area contributed by atoms with E-state index >= 15 is 0 Å². The van der Waals surface area contributed by atoms with Gasteiger partial charge >= 0.3 is 0 Å². The van der Waals surface area contributed by atoms with Gasteiger partial charge in [0.2, 0.25) is 0 Å². The summed E-state index contributed by atoms with van der Waals surface area (Å²) < 4.78 is 12.9. The molecular weight excluding hydrogens is 179 g/mol. The Morgan fingerprint density at radius 3 is 2.71 bits per heavy atom. The van der Waals surface area contributed by atoms with Gasteiger partial charge in [-0.1, -0.05) is 18.2 Å². The summed E-state index contributed by atoms with van der Waals surface area (Å²) in [5.74, 6) is -0.137. The predicted octanol–water partition coefficient (Wildman–Crippen LogP) is 3.00. The van der Waals surface area contributed by atoms with Crippen LogP contribution in [0.3, 0.4) is 0 Å². The first-order chi connectivity index (χ1) is 6.75. The fraction of sp³-hybridized carbons (Fsp3) is 0. The Labute approximate surface area is 81.4 Å². The summed E-state index contributed by atoms with van der Waals surface area (Å²) in [4.78, 5) is 0. The molecule has 0 aromatic heterocycles. The van der Waals surface area contributed by atoms with E-state index in [4.69, 9.17) is 0 Å². The molecule has 0 aliphatic rings. The minimum atomic E-state index is -0.304. The molecule has 69 valence electrons. The van der Waals surface area contributed by atoms with E-state index in [-0.39, 0.29) is 11.6 Å². The second-order valence-electron chi connectivity index (χ2n) is 2.97. The molecule has 0 atom stereocenters. The fourth-order valence-electron chi connectivity index (χ4n) is 1.28. The summed E-state index contributed by atoms with van der Waals surface area (Å²) in [5, 5.41) is 9.24. The molecule has 0 saturated carbocycles. The number of halogens is 1. The highest BCUT2D eigenvalue weighted by Gasteiger charge is 1.99. The highest BCUT2D eigenvalue weighted by atomic mass is 19.1. The summed E-state index contributed by atoms with van der Waals surface area (Å²) in [6.07, 6.45) is 0. The van der Waals surface area contributed by atoms with E-state index in [1.807, 2.05) is 0 Å². The van der Waals surface area contributed by atoms with Crippen molar-refractivity contribution in [2.75, 3.05) is 0 Å². The number of hydrogen-bond acceptors (Lipinski definition) is 1. The van der Waals surface area contributed by atoms with Crippen LogP contribution in [0.2, 0.25) is 0 Å². The van der Waals surface area contributed by atoms with E-state index in [9.17, 15) is 9.50 Å². The van der Waals surface area contributed by atoms with Crippen molar-refractivity contribution >= 4 is 0 Å². The third-order valence-electron chi connectivity index (χ3n) is 1.92. The number of rotatable bonds is 1. The van der Waals surface area contributed by atoms with Crippen LogP contribution in [-0.4, -0.2) is 5.11 Å². The van der Waals surface area contributed by atoms with Crippen LogP contribution in [0.15, 0.2) is 42.5 Å². The Balaban J connectivity index is 2.49. The normalized spacial score (nSPS) is 10.1. The first-order valence-electron chi connectivity index (χ1n) is 4.22. The molecule has 14 heavy (non-hydrogen) atoms. The van der Waals surface area contributed by atoms with Crippen LogP contribution in [0.4, 0.5) is 4.39 Å². The Bertz CT molecular complexity index is 408. The van der Waals surface area contributed by atoms with Crippen molar-refractivity contribution in [3.63, 3.8) is 0 Å². The van der Waals surface area contributed by atoms with Gasteiger partial charge in [0.1, 0.15) is 11.6 Å². The van der Waals surface area contributed by atoms with Crippen molar-refractivity contribution in [3.8, 4) is 16.9 Å². The molecule has 2 heteroatoms. The van der Waals surface area contributed by atoms with Crippen LogP contribution < -0.4 is 0 Å². The van der Waals surface area contributed by atoms with Crippen LogP contribution >= 0.6 is 0 Å². The molecule has 1 N–H and O–H groups in total. The topological polar surface area (TPSA) is 20.2 Å². The lowest BCUT2D eigenvalue weighted by molar-refractivity contribution is 0.475. The molecule has 0 aliphatic heterocycles. The number of phenols is 1. The first kappa shape index (κ1) is 8.75. The Hall–Kier alpha value is -1.83. The molecule has 0 spiro atoms. The third kappa shape index (κ3) is 1.74. The maximum absolute atomic E-state index is 12.9. The highest BCUT2D eigenvalue weighted by Crippen LogP contribution is 2.22. The molecule has 0 saturated heterocycles. The Kier molecular flexibility index (Phi) is 2.19. The summed E-state index contributed by atoms with van der Waals surface area (Å²) in [6, 6.07) is 13.8. The smallest absolute Gasteiger partial charge is 0.123 e. The molecule has 1 nitrogen and oxygen atoms in total. The lowest BCUT2D eigenvalue weighted by Gasteiger charge is -2.01. The van der Waals surface area contributed by atoms with Gasteiger partial charge < -0.3 is 5.11 Å². The molecule has 2 rings (SSSR count). The number of phenolic OH excluding ortho intramolecular Hbond substituents is 1. The zero-order chi connectivity index (χ0) is 9.97. The van der Waals surface area contributed by atoms with Gasteiger partial charge in [-0.3, -0.25) is 0 Å². The number of benzene rings is 2. The summed E-state index contributed by atoms with van der Waals surface area (Å²) in [7, 11) is 0. The summed E-state index contributed by atoms with van der Waals surface area (Å²) >= 11 is 0. The second-order valence-corrected chi connectivity index (χ2v) is 2.97. The standard InChI is InChI=1S/C12H8FO/c13-11-5-1-3-9(7-11)10-4-2-6-12(14)8-10/h1-2,4-8,14H. The maximum Gasteiger partial charge on any atom is 0.123 e. The predicted molar refractivity (Wildman–Crippen MR) is 52.3 cm³/mol. The van der Waals surface area contributed by atoms with Gasteiger partial charge in [0, 0.05) is 0 Å². The van der Waals surface area contributed by atoms with Gasteiger partial charge in [0.05, 0.1) is 0 Å². The van der Waals surface area contributed by atoms with Gasteiger partial charge in [0.25, 0.3) is 0 Å². The van der Waals surface area contributed by atoms with Gasteiger partial charge in [-0.15, -0.1) is 0 Å². The van der Waals surface area contributed by atoms with Crippen LogP contribution in [0.5, 0.6) is 5.75 Å². The average Bonchev–Trinajstić information content (AvgIpc) is 2.18. The SMILES string of the molecule is Oc1cccc(-c2[c]ccc(F)c2)c1. The zero-order valence-electron chi connectivity index (χ0n) is 7.37. The third-order valence-corrected chi connectivity index (χ3v) is 1.92. The average molecular weight is 187 g/mol. The van der Waals surface area contributed by atoms with Crippen molar-refractivity contribution in [1.29, 1.82) is 0 Å². The molecule has 2 aromatic rings. The monoisotopic (exact) mass is 187 g/mol. The molecule has 0 fully saturated rings. The van der Waals surface area contributed by atoms with Crippen LogP contribution in [0, 0.1) is 11.9 Å². The summed E-state index contributed by atoms with van der Waals surface area (Å²) in [5.41, 5.74) is 1.39. The largest absolute Gasteiger partial charge is 0.508 e. The van der Waals surface area contributed by atoms with E-state index in [0.29, 0.717) is 5.56 Å². The van der Waals surface area contributed by atoms with Crippen LogP contribution in [0.25, 0.3) is 11.1 Å². The van der Waals surface area contributed by atoms with Gasteiger partial charge in [-0.25, -0.2) is 4.39 Å². The van der Waals surface area contributed by atoms with Crippen molar-refractivity contribution in [3.05, 3.63) is 54.3 Å². The molecule has 0 amide bonds. The lowest BCUT2D eigenvalue weighted by Crippen LogP contribution is -1.79. The molecule has 0 bridgehead atoms. The van der Waals surface area contributed by atoms with Gasteiger partial charge in [0.15, 0.2) is 0 Å². The Morgan fingerprint density at radius 2 is 2.00 bits per heavy atom.